The highest BCUT2D eigenvalue weighted by Gasteiger charge is 2.20. The van der Waals surface area contributed by atoms with E-state index in [-0.39, 0.29) is 5.82 Å². The van der Waals surface area contributed by atoms with Gasteiger partial charge in [0, 0.05) is 16.2 Å². The van der Waals surface area contributed by atoms with Gasteiger partial charge < -0.3 is 4.74 Å². The molecule has 0 unspecified atom stereocenters. The Morgan fingerprint density at radius 1 is 1.30 bits per heavy atom. The molecule has 0 radical (unpaired) electrons. The Morgan fingerprint density at radius 3 is 2.60 bits per heavy atom. The van der Waals surface area contributed by atoms with E-state index in [1.807, 2.05) is 0 Å². The highest BCUT2D eigenvalue weighted by Crippen LogP contribution is 2.27. The van der Waals surface area contributed by atoms with Gasteiger partial charge in [0.2, 0.25) is 0 Å². The predicted molar refractivity (Wildman–Crippen MR) is 79.2 cm³/mol. The summed E-state index contributed by atoms with van der Waals surface area (Å²) in [4.78, 5) is 12.2. The summed E-state index contributed by atoms with van der Waals surface area (Å²) in [5.41, 5.74) is 0.597. The largest absolute Gasteiger partial charge is 0.443 e. The predicted octanol–water partition coefficient (Wildman–Crippen LogP) is 4.84. The number of rotatable bonds is 1. The van der Waals surface area contributed by atoms with Gasteiger partial charge in [0.25, 0.3) is 0 Å². The van der Waals surface area contributed by atoms with Gasteiger partial charge >= 0.3 is 6.09 Å². The van der Waals surface area contributed by atoms with Crippen molar-refractivity contribution in [1.29, 1.82) is 0 Å². The topological polar surface area (TPSA) is 31.2 Å². The number of halogens is 2. The summed E-state index contributed by atoms with van der Waals surface area (Å²) in [5, 5.41) is 0. The molecule has 0 bridgehead atoms. The van der Waals surface area contributed by atoms with Gasteiger partial charge in [-0.3, -0.25) is 4.57 Å². The molecule has 0 saturated carbocycles. The van der Waals surface area contributed by atoms with E-state index in [0.717, 1.165) is 4.47 Å². The standard InChI is InChI=1S/C15H15BrFNO2/c1-15(2,3)20-14(19)18-9-11(16)8-13(18)10-5-4-6-12(17)7-10/h4-9H,1-3H3. The molecule has 0 aliphatic carbocycles. The number of carbonyl (C=O) groups excluding carboxylic acids is 1. The highest BCUT2D eigenvalue weighted by molar-refractivity contribution is 9.10. The van der Waals surface area contributed by atoms with Gasteiger partial charge in [-0.05, 0) is 54.9 Å². The SMILES string of the molecule is CC(C)(C)OC(=O)n1cc(Br)cc1-c1cccc(F)c1. The van der Waals surface area contributed by atoms with Gasteiger partial charge in [-0.2, -0.15) is 0 Å². The van der Waals surface area contributed by atoms with Crippen LogP contribution >= 0.6 is 15.9 Å². The molecule has 20 heavy (non-hydrogen) atoms. The Hall–Kier alpha value is -1.62. The zero-order chi connectivity index (χ0) is 14.9. The van der Waals surface area contributed by atoms with Crippen LogP contribution in [0.2, 0.25) is 0 Å². The smallest absolute Gasteiger partial charge is 0.419 e. The Bertz CT molecular complexity index is 644. The summed E-state index contributed by atoms with van der Waals surface area (Å²) in [5.74, 6) is -0.351. The van der Waals surface area contributed by atoms with Crippen molar-refractivity contribution in [2.75, 3.05) is 0 Å². The number of aromatic nitrogens is 1. The second kappa shape index (κ2) is 5.40. The van der Waals surface area contributed by atoms with Crippen LogP contribution in [0.15, 0.2) is 41.0 Å². The molecule has 1 aromatic heterocycles. The van der Waals surface area contributed by atoms with Crippen molar-refractivity contribution in [2.24, 2.45) is 0 Å². The van der Waals surface area contributed by atoms with Crippen LogP contribution in [0.3, 0.4) is 0 Å². The van der Waals surface area contributed by atoms with E-state index in [1.54, 1.807) is 45.2 Å². The first-order chi connectivity index (χ1) is 9.26. The van der Waals surface area contributed by atoms with E-state index in [9.17, 15) is 9.18 Å². The minimum absolute atomic E-state index is 0.351. The molecular weight excluding hydrogens is 325 g/mol. The molecule has 0 N–H and O–H groups in total. The quantitative estimate of drug-likeness (QED) is 0.744. The summed E-state index contributed by atoms with van der Waals surface area (Å²) < 4.78 is 20.8. The van der Waals surface area contributed by atoms with Crippen molar-refractivity contribution in [3.63, 3.8) is 0 Å². The Labute approximate surface area is 125 Å². The zero-order valence-electron chi connectivity index (χ0n) is 11.5. The summed E-state index contributed by atoms with van der Waals surface area (Å²) in [6.07, 6.45) is 1.11. The van der Waals surface area contributed by atoms with E-state index >= 15 is 0 Å². The van der Waals surface area contributed by atoms with Crippen LogP contribution in [0.1, 0.15) is 20.8 Å². The van der Waals surface area contributed by atoms with Crippen molar-refractivity contribution in [1.82, 2.24) is 4.57 Å². The second-order valence-corrected chi connectivity index (χ2v) is 6.32. The fraction of sp³-hybridized carbons (Fsp3) is 0.267. The van der Waals surface area contributed by atoms with Crippen molar-refractivity contribution in [2.45, 2.75) is 26.4 Å². The molecule has 0 aliphatic rings. The van der Waals surface area contributed by atoms with E-state index in [0.29, 0.717) is 11.3 Å². The number of hydrogen-bond donors (Lipinski definition) is 0. The molecule has 2 rings (SSSR count). The van der Waals surface area contributed by atoms with Gasteiger partial charge in [0.1, 0.15) is 11.4 Å². The maximum absolute atomic E-state index is 13.3. The summed E-state index contributed by atoms with van der Waals surface area (Å²) in [7, 11) is 0. The molecule has 0 fully saturated rings. The van der Waals surface area contributed by atoms with E-state index in [1.165, 1.54) is 16.7 Å². The Balaban J connectivity index is 2.43. The van der Waals surface area contributed by atoms with Gasteiger partial charge in [-0.25, -0.2) is 9.18 Å². The average Bonchev–Trinajstić information content (AvgIpc) is 2.69. The minimum Gasteiger partial charge on any atom is -0.443 e. The summed E-state index contributed by atoms with van der Waals surface area (Å²) in [6.45, 7) is 5.39. The first kappa shape index (κ1) is 14.8. The molecule has 1 aromatic carbocycles. The third-order valence-electron chi connectivity index (χ3n) is 2.50. The Morgan fingerprint density at radius 2 is 2.00 bits per heavy atom. The lowest BCUT2D eigenvalue weighted by atomic mass is 10.1. The van der Waals surface area contributed by atoms with E-state index in [2.05, 4.69) is 15.9 Å². The molecule has 0 aliphatic heterocycles. The third-order valence-corrected chi connectivity index (χ3v) is 2.93. The number of hydrogen-bond acceptors (Lipinski definition) is 2. The van der Waals surface area contributed by atoms with E-state index < -0.39 is 11.7 Å². The number of benzene rings is 1. The molecule has 1 heterocycles. The van der Waals surface area contributed by atoms with Crippen LogP contribution in [0, 0.1) is 5.82 Å². The first-order valence-electron chi connectivity index (χ1n) is 6.13. The molecule has 106 valence electrons. The minimum atomic E-state index is -0.590. The van der Waals surface area contributed by atoms with Crippen molar-refractivity contribution < 1.29 is 13.9 Å². The average molecular weight is 340 g/mol. The molecule has 3 nitrogen and oxygen atoms in total. The van der Waals surface area contributed by atoms with Crippen LogP contribution in [0.4, 0.5) is 9.18 Å². The fourth-order valence-electron chi connectivity index (χ4n) is 1.76. The fourth-order valence-corrected chi connectivity index (χ4v) is 2.18. The molecule has 0 saturated heterocycles. The molecule has 0 spiro atoms. The van der Waals surface area contributed by atoms with Gasteiger partial charge in [-0.15, -0.1) is 0 Å². The maximum atomic E-state index is 13.3. The monoisotopic (exact) mass is 339 g/mol. The first-order valence-corrected chi connectivity index (χ1v) is 6.93. The van der Waals surface area contributed by atoms with Crippen LogP contribution in [-0.4, -0.2) is 16.3 Å². The normalized spacial score (nSPS) is 11.4. The molecule has 2 aromatic rings. The third kappa shape index (κ3) is 3.48. The van der Waals surface area contributed by atoms with Gasteiger partial charge in [0.05, 0.1) is 5.69 Å². The summed E-state index contributed by atoms with van der Waals surface area (Å²) in [6, 6.07) is 7.83. The van der Waals surface area contributed by atoms with Crippen LogP contribution in [0.5, 0.6) is 0 Å². The highest BCUT2D eigenvalue weighted by atomic mass is 79.9. The van der Waals surface area contributed by atoms with Crippen molar-refractivity contribution >= 4 is 22.0 Å². The van der Waals surface area contributed by atoms with E-state index in [4.69, 9.17) is 4.74 Å². The lowest BCUT2D eigenvalue weighted by Gasteiger charge is -2.20. The van der Waals surface area contributed by atoms with Crippen molar-refractivity contribution in [3.8, 4) is 11.3 Å². The number of nitrogens with zero attached hydrogens (tertiary/aromatic N) is 1. The van der Waals surface area contributed by atoms with Gasteiger partial charge in [0.15, 0.2) is 0 Å². The Kier molecular flexibility index (Phi) is 3.99. The van der Waals surface area contributed by atoms with Crippen LogP contribution < -0.4 is 0 Å². The van der Waals surface area contributed by atoms with Crippen LogP contribution in [0.25, 0.3) is 11.3 Å². The summed E-state index contributed by atoms with van der Waals surface area (Å²) >= 11 is 3.32. The van der Waals surface area contributed by atoms with Crippen LogP contribution in [-0.2, 0) is 4.74 Å². The second-order valence-electron chi connectivity index (χ2n) is 5.40. The molecule has 0 amide bonds. The van der Waals surface area contributed by atoms with Crippen molar-refractivity contribution in [3.05, 3.63) is 46.8 Å². The maximum Gasteiger partial charge on any atom is 0.419 e. The lowest BCUT2D eigenvalue weighted by Crippen LogP contribution is -2.27. The molecule has 0 atom stereocenters. The molecular formula is C15H15BrFNO2. The number of carbonyl (C=O) groups is 1. The lowest BCUT2D eigenvalue weighted by molar-refractivity contribution is 0.0540. The zero-order valence-corrected chi connectivity index (χ0v) is 13.1. The molecule has 5 heteroatoms. The van der Waals surface area contributed by atoms with Gasteiger partial charge in [-0.1, -0.05) is 12.1 Å². The number of ether oxygens (including phenoxy) is 1.